The zero-order valence-corrected chi connectivity index (χ0v) is 11.9. The second kappa shape index (κ2) is 6.78. The molecule has 2 heterocycles. The first kappa shape index (κ1) is 14.9. The predicted molar refractivity (Wildman–Crippen MR) is 75.9 cm³/mol. The van der Waals surface area contributed by atoms with Gasteiger partial charge in [-0.3, -0.25) is 9.59 Å². The van der Waals surface area contributed by atoms with Crippen molar-refractivity contribution in [2.24, 2.45) is 5.92 Å². The van der Waals surface area contributed by atoms with Gasteiger partial charge in [0, 0.05) is 31.3 Å². The Bertz CT molecular complexity index is 398. The lowest BCUT2D eigenvalue weighted by atomic mass is 9.88. The van der Waals surface area contributed by atoms with Gasteiger partial charge in [0.15, 0.2) is 0 Å². The Balaban J connectivity index is 1.84. The highest BCUT2D eigenvalue weighted by atomic mass is 16.4. The second-order valence-electron chi connectivity index (χ2n) is 6.03. The highest BCUT2D eigenvalue weighted by Gasteiger charge is 2.43. The number of terminal acetylenes is 1. The minimum absolute atomic E-state index is 0.239. The summed E-state index contributed by atoms with van der Waals surface area (Å²) in [6.45, 7) is 0. The number of piperidine rings is 1. The number of unbranched alkanes of at least 4 members (excludes halogenated alkanes) is 2. The SMILES string of the molecule is C#CCCCCC(=O)N1C2CCC1CC(CC(=O)O)C2. The molecule has 2 unspecified atom stereocenters. The number of amides is 1. The Morgan fingerprint density at radius 2 is 1.85 bits per heavy atom. The summed E-state index contributed by atoms with van der Waals surface area (Å²) >= 11 is 0. The van der Waals surface area contributed by atoms with E-state index in [4.69, 9.17) is 11.5 Å². The fourth-order valence-corrected chi connectivity index (χ4v) is 3.74. The summed E-state index contributed by atoms with van der Waals surface area (Å²) in [7, 11) is 0. The van der Waals surface area contributed by atoms with Crippen LogP contribution in [0.5, 0.6) is 0 Å². The number of hydrogen-bond acceptors (Lipinski definition) is 2. The van der Waals surface area contributed by atoms with Crippen LogP contribution in [0.25, 0.3) is 0 Å². The molecule has 0 spiro atoms. The third kappa shape index (κ3) is 3.53. The highest BCUT2D eigenvalue weighted by Crippen LogP contribution is 2.40. The lowest BCUT2D eigenvalue weighted by molar-refractivity contribution is -0.140. The van der Waals surface area contributed by atoms with Crippen LogP contribution in [0.15, 0.2) is 0 Å². The van der Waals surface area contributed by atoms with Gasteiger partial charge < -0.3 is 10.0 Å². The molecule has 2 fully saturated rings. The molecule has 4 heteroatoms. The number of carboxylic acids is 1. The largest absolute Gasteiger partial charge is 0.481 e. The minimum Gasteiger partial charge on any atom is -0.481 e. The molecule has 20 heavy (non-hydrogen) atoms. The first-order valence-electron chi connectivity index (χ1n) is 7.58. The van der Waals surface area contributed by atoms with E-state index >= 15 is 0 Å². The normalized spacial score (nSPS) is 28.1. The van der Waals surface area contributed by atoms with Crippen molar-refractivity contribution in [2.75, 3.05) is 0 Å². The maximum absolute atomic E-state index is 12.3. The molecule has 0 aliphatic carbocycles. The van der Waals surface area contributed by atoms with E-state index in [2.05, 4.69) is 5.92 Å². The third-order valence-corrected chi connectivity index (χ3v) is 4.54. The number of nitrogens with zero attached hydrogens (tertiary/aromatic N) is 1. The van der Waals surface area contributed by atoms with Gasteiger partial charge in [0.25, 0.3) is 0 Å². The number of carbonyl (C=O) groups excluding carboxylic acids is 1. The molecule has 2 aliphatic rings. The van der Waals surface area contributed by atoms with Gasteiger partial charge in [-0.25, -0.2) is 0 Å². The lowest BCUT2D eigenvalue weighted by Crippen LogP contribution is -2.46. The molecule has 2 aliphatic heterocycles. The van der Waals surface area contributed by atoms with Gasteiger partial charge in [-0.2, -0.15) is 0 Å². The van der Waals surface area contributed by atoms with E-state index in [-0.39, 0.29) is 30.3 Å². The number of carboxylic acid groups (broad SMARTS) is 1. The monoisotopic (exact) mass is 277 g/mol. The Labute approximate surface area is 120 Å². The molecule has 0 radical (unpaired) electrons. The number of hydrogen-bond donors (Lipinski definition) is 1. The van der Waals surface area contributed by atoms with Gasteiger partial charge >= 0.3 is 5.97 Å². The van der Waals surface area contributed by atoms with Gasteiger partial charge in [-0.1, -0.05) is 0 Å². The minimum atomic E-state index is -0.719. The summed E-state index contributed by atoms with van der Waals surface area (Å²) in [5.41, 5.74) is 0. The first-order chi connectivity index (χ1) is 9.61. The van der Waals surface area contributed by atoms with Crippen LogP contribution in [0.1, 0.15) is 57.8 Å². The summed E-state index contributed by atoms with van der Waals surface area (Å²) in [5.74, 6) is 2.36. The number of fused-ring (bicyclic) bond motifs is 2. The molecule has 0 aromatic carbocycles. The van der Waals surface area contributed by atoms with Crippen molar-refractivity contribution in [1.82, 2.24) is 4.90 Å². The number of carbonyl (C=O) groups is 2. The van der Waals surface area contributed by atoms with E-state index in [1.54, 1.807) is 0 Å². The molecular weight excluding hydrogens is 254 g/mol. The molecule has 2 bridgehead atoms. The van der Waals surface area contributed by atoms with Crippen LogP contribution in [0.4, 0.5) is 0 Å². The van der Waals surface area contributed by atoms with E-state index in [1.165, 1.54) is 0 Å². The Morgan fingerprint density at radius 1 is 1.20 bits per heavy atom. The summed E-state index contributed by atoms with van der Waals surface area (Å²) in [5, 5.41) is 8.90. The van der Waals surface area contributed by atoms with Crippen molar-refractivity contribution < 1.29 is 14.7 Å². The van der Waals surface area contributed by atoms with E-state index in [0.717, 1.165) is 44.9 Å². The summed E-state index contributed by atoms with van der Waals surface area (Å²) < 4.78 is 0. The maximum atomic E-state index is 12.3. The highest BCUT2D eigenvalue weighted by molar-refractivity contribution is 5.77. The van der Waals surface area contributed by atoms with Crippen LogP contribution in [-0.2, 0) is 9.59 Å². The molecule has 0 aromatic heterocycles. The van der Waals surface area contributed by atoms with E-state index in [0.29, 0.717) is 6.42 Å². The van der Waals surface area contributed by atoms with Gasteiger partial charge in [0.1, 0.15) is 0 Å². The lowest BCUT2D eigenvalue weighted by Gasteiger charge is -2.38. The zero-order chi connectivity index (χ0) is 14.5. The van der Waals surface area contributed by atoms with Crippen molar-refractivity contribution in [3.8, 4) is 12.3 Å². The first-order valence-corrected chi connectivity index (χ1v) is 7.58. The van der Waals surface area contributed by atoms with Crippen molar-refractivity contribution in [2.45, 2.75) is 69.9 Å². The molecule has 2 rings (SSSR count). The Kier molecular flexibility index (Phi) is 5.05. The molecule has 1 N–H and O–H groups in total. The third-order valence-electron chi connectivity index (χ3n) is 4.54. The fraction of sp³-hybridized carbons (Fsp3) is 0.750. The summed E-state index contributed by atoms with van der Waals surface area (Å²) in [6, 6.07) is 0.552. The average molecular weight is 277 g/mol. The molecule has 1 amide bonds. The van der Waals surface area contributed by atoms with Gasteiger partial charge in [-0.05, 0) is 44.4 Å². The molecule has 2 saturated heterocycles. The molecule has 0 saturated carbocycles. The van der Waals surface area contributed by atoms with Crippen molar-refractivity contribution in [1.29, 1.82) is 0 Å². The van der Waals surface area contributed by atoms with E-state index in [1.807, 2.05) is 4.90 Å². The predicted octanol–water partition coefficient (Wildman–Crippen LogP) is 2.42. The molecule has 0 aromatic rings. The number of aliphatic carboxylic acids is 1. The quantitative estimate of drug-likeness (QED) is 0.599. The van der Waals surface area contributed by atoms with Gasteiger partial charge in [0.2, 0.25) is 5.91 Å². The molecule has 110 valence electrons. The van der Waals surface area contributed by atoms with Crippen molar-refractivity contribution in [3.05, 3.63) is 0 Å². The molecular formula is C16H23NO3. The van der Waals surface area contributed by atoms with Gasteiger partial charge in [-0.15, -0.1) is 12.3 Å². The topological polar surface area (TPSA) is 57.6 Å². The van der Waals surface area contributed by atoms with Gasteiger partial charge in [0.05, 0.1) is 0 Å². The van der Waals surface area contributed by atoms with Crippen LogP contribution in [0, 0.1) is 18.3 Å². The Hall–Kier alpha value is -1.50. The number of rotatable bonds is 6. The fourth-order valence-electron chi connectivity index (χ4n) is 3.74. The van der Waals surface area contributed by atoms with Crippen LogP contribution in [-0.4, -0.2) is 34.0 Å². The van der Waals surface area contributed by atoms with Crippen molar-refractivity contribution >= 4 is 11.9 Å². The molecule has 2 atom stereocenters. The van der Waals surface area contributed by atoms with Crippen LogP contribution < -0.4 is 0 Å². The average Bonchev–Trinajstić information content (AvgIpc) is 2.66. The Morgan fingerprint density at radius 3 is 2.40 bits per heavy atom. The van der Waals surface area contributed by atoms with Crippen LogP contribution in [0.3, 0.4) is 0 Å². The summed E-state index contributed by atoms with van der Waals surface area (Å²) in [4.78, 5) is 25.2. The van der Waals surface area contributed by atoms with Crippen LogP contribution in [0.2, 0.25) is 0 Å². The maximum Gasteiger partial charge on any atom is 0.303 e. The van der Waals surface area contributed by atoms with E-state index < -0.39 is 5.97 Å². The van der Waals surface area contributed by atoms with Crippen LogP contribution >= 0.6 is 0 Å². The summed E-state index contributed by atoms with van der Waals surface area (Å²) in [6.07, 6.45) is 12.3. The smallest absolute Gasteiger partial charge is 0.303 e. The van der Waals surface area contributed by atoms with Crippen molar-refractivity contribution in [3.63, 3.8) is 0 Å². The van der Waals surface area contributed by atoms with E-state index in [9.17, 15) is 9.59 Å². The zero-order valence-electron chi connectivity index (χ0n) is 11.9. The standard InChI is InChI=1S/C16H23NO3/c1-2-3-4-5-6-15(18)17-13-7-8-14(17)10-12(9-13)11-16(19)20/h1,12-14H,3-11H2,(H,19,20). The molecule has 4 nitrogen and oxygen atoms in total. The second-order valence-corrected chi connectivity index (χ2v) is 6.03.